The highest BCUT2D eigenvalue weighted by molar-refractivity contribution is 9.10. The maximum absolute atomic E-state index is 8.69. The van der Waals surface area contributed by atoms with Gasteiger partial charge >= 0.3 is 0 Å². The predicted octanol–water partition coefficient (Wildman–Crippen LogP) is 4.46. The van der Waals surface area contributed by atoms with Crippen molar-refractivity contribution in [2.45, 2.75) is 6.54 Å². The Morgan fingerprint density at radius 3 is 2.71 bits per heavy atom. The topological polar surface area (TPSA) is 70.6 Å². The Bertz CT molecular complexity index is 692. The smallest absolute Gasteiger partial charge is 0.170 e. The Hall–Kier alpha value is -1.43. The van der Waals surface area contributed by atoms with Gasteiger partial charge in [-0.2, -0.15) is 0 Å². The molecular formula is C14H12BrCl2N3O. The summed E-state index contributed by atoms with van der Waals surface area (Å²) in [5, 5.41) is 15.8. The summed E-state index contributed by atoms with van der Waals surface area (Å²) in [6.07, 6.45) is 0. The molecule has 0 aliphatic carbocycles. The summed E-state index contributed by atoms with van der Waals surface area (Å²) in [5.41, 5.74) is 7.92. The molecule has 0 fully saturated rings. The van der Waals surface area contributed by atoms with Crippen LogP contribution in [0.2, 0.25) is 10.0 Å². The van der Waals surface area contributed by atoms with Gasteiger partial charge in [0.05, 0.1) is 15.7 Å². The first-order valence-electron chi connectivity index (χ1n) is 5.97. The van der Waals surface area contributed by atoms with Gasteiger partial charge in [-0.15, -0.1) is 0 Å². The number of hydrogen-bond donors (Lipinski definition) is 3. The molecule has 4 N–H and O–H groups in total. The zero-order chi connectivity index (χ0) is 15.4. The Balaban J connectivity index is 2.15. The molecule has 7 heteroatoms. The summed E-state index contributed by atoms with van der Waals surface area (Å²) in [6.45, 7) is 0.532. The Morgan fingerprint density at radius 2 is 2.00 bits per heavy atom. The zero-order valence-electron chi connectivity index (χ0n) is 10.8. The van der Waals surface area contributed by atoms with E-state index in [9.17, 15) is 0 Å². The molecule has 110 valence electrons. The molecule has 2 aromatic carbocycles. The summed E-state index contributed by atoms with van der Waals surface area (Å²) in [4.78, 5) is 0. The Kier molecular flexibility index (Phi) is 5.33. The molecule has 0 saturated heterocycles. The van der Waals surface area contributed by atoms with Gasteiger partial charge < -0.3 is 16.3 Å². The second-order valence-electron chi connectivity index (χ2n) is 4.26. The van der Waals surface area contributed by atoms with E-state index in [0.717, 1.165) is 15.7 Å². The number of nitrogens with two attached hydrogens (primary N) is 1. The van der Waals surface area contributed by atoms with Crippen molar-refractivity contribution in [2.75, 3.05) is 5.32 Å². The molecule has 0 heterocycles. The third-order valence-corrected chi connectivity index (χ3v) is 4.62. The average Bonchev–Trinajstić information content (AvgIpc) is 2.51. The third-order valence-electron chi connectivity index (χ3n) is 2.85. The van der Waals surface area contributed by atoms with Gasteiger partial charge in [0, 0.05) is 16.6 Å². The maximum Gasteiger partial charge on any atom is 0.170 e. The van der Waals surface area contributed by atoms with Gasteiger partial charge in [0.15, 0.2) is 5.84 Å². The number of amidine groups is 1. The summed E-state index contributed by atoms with van der Waals surface area (Å²) in [6, 6.07) is 11.0. The lowest BCUT2D eigenvalue weighted by Gasteiger charge is -2.11. The van der Waals surface area contributed by atoms with Crippen molar-refractivity contribution in [3.8, 4) is 0 Å². The van der Waals surface area contributed by atoms with E-state index in [4.69, 9.17) is 34.1 Å². The second-order valence-corrected chi connectivity index (χ2v) is 5.87. The molecule has 0 bridgehead atoms. The molecule has 0 aliphatic heterocycles. The maximum atomic E-state index is 8.69. The molecule has 2 aromatic rings. The summed E-state index contributed by atoms with van der Waals surface area (Å²) < 4.78 is 0.744. The largest absolute Gasteiger partial charge is 0.409 e. The van der Waals surface area contributed by atoms with Crippen molar-refractivity contribution in [2.24, 2.45) is 10.9 Å². The number of nitrogens with zero attached hydrogens (tertiary/aromatic N) is 1. The van der Waals surface area contributed by atoms with E-state index in [1.54, 1.807) is 6.07 Å². The number of oxime groups is 1. The van der Waals surface area contributed by atoms with Gasteiger partial charge in [0.25, 0.3) is 0 Å². The van der Waals surface area contributed by atoms with Gasteiger partial charge in [-0.3, -0.25) is 0 Å². The van der Waals surface area contributed by atoms with Crippen molar-refractivity contribution >= 4 is 50.7 Å². The van der Waals surface area contributed by atoms with Crippen LogP contribution in [-0.2, 0) is 6.54 Å². The highest BCUT2D eigenvalue weighted by Gasteiger charge is 2.08. The summed E-state index contributed by atoms with van der Waals surface area (Å²) in [7, 11) is 0. The molecule has 0 spiro atoms. The minimum Gasteiger partial charge on any atom is -0.409 e. The van der Waals surface area contributed by atoms with Gasteiger partial charge in [-0.05, 0) is 39.7 Å². The first-order chi connectivity index (χ1) is 10.0. The Morgan fingerprint density at radius 1 is 1.24 bits per heavy atom. The molecule has 0 aromatic heterocycles. The molecule has 2 rings (SSSR count). The van der Waals surface area contributed by atoms with Gasteiger partial charge in [-0.1, -0.05) is 46.6 Å². The van der Waals surface area contributed by atoms with Crippen LogP contribution in [0.3, 0.4) is 0 Å². The molecular weight excluding hydrogens is 377 g/mol. The predicted molar refractivity (Wildman–Crippen MR) is 90.4 cm³/mol. The second kappa shape index (κ2) is 7.02. The fourth-order valence-electron chi connectivity index (χ4n) is 1.76. The lowest BCUT2D eigenvalue weighted by atomic mass is 10.1. The van der Waals surface area contributed by atoms with Crippen LogP contribution in [-0.4, -0.2) is 11.0 Å². The van der Waals surface area contributed by atoms with Crippen molar-refractivity contribution in [1.29, 1.82) is 0 Å². The Labute approximate surface area is 140 Å². The first kappa shape index (κ1) is 15.9. The minimum absolute atomic E-state index is 0.0709. The molecule has 4 nitrogen and oxygen atoms in total. The van der Waals surface area contributed by atoms with E-state index in [-0.39, 0.29) is 5.84 Å². The van der Waals surface area contributed by atoms with Crippen LogP contribution in [0.1, 0.15) is 11.1 Å². The van der Waals surface area contributed by atoms with Crippen LogP contribution in [0.4, 0.5) is 5.69 Å². The van der Waals surface area contributed by atoms with Crippen LogP contribution < -0.4 is 11.1 Å². The minimum atomic E-state index is 0.0709. The first-order valence-corrected chi connectivity index (χ1v) is 7.52. The van der Waals surface area contributed by atoms with E-state index < -0.39 is 0 Å². The standard InChI is InChI=1S/C14H12BrCl2N3O/c15-10-4-5-11(13(17)12(10)16)19-7-8-2-1-3-9(6-8)14(18)20-21/h1-6,19,21H,7H2,(H2,18,20). The number of benzene rings is 2. The van der Waals surface area contributed by atoms with Crippen LogP contribution in [0.15, 0.2) is 46.0 Å². The molecule has 0 amide bonds. The molecule has 21 heavy (non-hydrogen) atoms. The highest BCUT2D eigenvalue weighted by Crippen LogP contribution is 2.35. The van der Waals surface area contributed by atoms with Gasteiger partial charge in [0.2, 0.25) is 0 Å². The van der Waals surface area contributed by atoms with Crippen LogP contribution >= 0.6 is 39.1 Å². The SMILES string of the molecule is N/C(=N/O)c1cccc(CNc2ccc(Br)c(Cl)c2Cl)c1. The molecule has 0 aliphatic rings. The van der Waals surface area contributed by atoms with E-state index in [1.165, 1.54) is 0 Å². The lowest BCUT2D eigenvalue weighted by Crippen LogP contribution is -2.13. The molecule has 0 saturated carbocycles. The van der Waals surface area contributed by atoms with Crippen molar-refractivity contribution in [3.05, 3.63) is 62.0 Å². The summed E-state index contributed by atoms with van der Waals surface area (Å²) in [5.74, 6) is 0.0709. The highest BCUT2D eigenvalue weighted by atomic mass is 79.9. The van der Waals surface area contributed by atoms with E-state index in [2.05, 4.69) is 26.4 Å². The van der Waals surface area contributed by atoms with Crippen molar-refractivity contribution in [1.82, 2.24) is 0 Å². The van der Waals surface area contributed by atoms with Gasteiger partial charge in [-0.25, -0.2) is 0 Å². The number of anilines is 1. The third kappa shape index (κ3) is 3.81. The molecule has 0 unspecified atom stereocenters. The monoisotopic (exact) mass is 387 g/mol. The van der Waals surface area contributed by atoms with Gasteiger partial charge in [0.1, 0.15) is 0 Å². The van der Waals surface area contributed by atoms with E-state index in [0.29, 0.717) is 22.2 Å². The molecule has 0 atom stereocenters. The number of rotatable bonds is 4. The quantitative estimate of drug-likeness (QED) is 0.238. The van der Waals surface area contributed by atoms with Crippen LogP contribution in [0.5, 0.6) is 0 Å². The van der Waals surface area contributed by atoms with E-state index in [1.807, 2.05) is 30.3 Å². The van der Waals surface area contributed by atoms with Crippen LogP contribution in [0.25, 0.3) is 0 Å². The van der Waals surface area contributed by atoms with Crippen molar-refractivity contribution < 1.29 is 5.21 Å². The zero-order valence-corrected chi connectivity index (χ0v) is 13.9. The molecule has 0 radical (unpaired) electrons. The van der Waals surface area contributed by atoms with Crippen molar-refractivity contribution in [3.63, 3.8) is 0 Å². The fraction of sp³-hybridized carbons (Fsp3) is 0.0714. The van der Waals surface area contributed by atoms with E-state index >= 15 is 0 Å². The van der Waals surface area contributed by atoms with Crippen LogP contribution in [0, 0.1) is 0 Å². The normalized spacial score (nSPS) is 11.5. The number of nitrogens with one attached hydrogen (secondary N) is 1. The number of hydrogen-bond acceptors (Lipinski definition) is 3. The number of halogens is 3. The average molecular weight is 389 g/mol. The summed E-state index contributed by atoms with van der Waals surface area (Å²) >= 11 is 15.6. The lowest BCUT2D eigenvalue weighted by molar-refractivity contribution is 0.318. The fourth-order valence-corrected chi connectivity index (χ4v) is 2.60.